The highest BCUT2D eigenvalue weighted by molar-refractivity contribution is 9.10. The van der Waals surface area contributed by atoms with E-state index in [4.69, 9.17) is 0 Å². The van der Waals surface area contributed by atoms with Crippen molar-refractivity contribution in [3.63, 3.8) is 0 Å². The van der Waals surface area contributed by atoms with Crippen LogP contribution in [0.4, 0.5) is 0 Å². The van der Waals surface area contributed by atoms with E-state index >= 15 is 0 Å². The minimum Gasteiger partial charge on any atom is -0.508 e. The van der Waals surface area contributed by atoms with E-state index in [-0.39, 0.29) is 6.04 Å². The molecule has 0 spiro atoms. The van der Waals surface area contributed by atoms with Crippen LogP contribution in [0.15, 0.2) is 22.7 Å². The molecule has 1 saturated carbocycles. The van der Waals surface area contributed by atoms with Crippen LogP contribution >= 0.6 is 15.9 Å². The SMILES string of the molecule is CC(c1cc(Br)ccc1O)N(C)C1CCCCCC1. The summed E-state index contributed by atoms with van der Waals surface area (Å²) < 4.78 is 1.03. The van der Waals surface area contributed by atoms with E-state index in [1.54, 1.807) is 6.07 Å². The number of hydrogen-bond donors (Lipinski definition) is 1. The molecule has 106 valence electrons. The highest BCUT2D eigenvalue weighted by Gasteiger charge is 2.23. The van der Waals surface area contributed by atoms with Crippen molar-refractivity contribution in [1.82, 2.24) is 4.90 Å². The van der Waals surface area contributed by atoms with Gasteiger partial charge in [0.05, 0.1) is 0 Å². The van der Waals surface area contributed by atoms with Gasteiger partial charge in [-0.3, -0.25) is 4.90 Å². The van der Waals surface area contributed by atoms with E-state index in [2.05, 4.69) is 34.8 Å². The normalized spacial score (nSPS) is 19.4. The van der Waals surface area contributed by atoms with Crippen molar-refractivity contribution in [3.8, 4) is 5.75 Å². The maximum absolute atomic E-state index is 10.1. The van der Waals surface area contributed by atoms with E-state index in [0.29, 0.717) is 11.8 Å². The van der Waals surface area contributed by atoms with Gasteiger partial charge in [0.2, 0.25) is 0 Å². The fourth-order valence-electron chi connectivity index (χ4n) is 3.06. The molecular formula is C16H24BrNO. The Hall–Kier alpha value is -0.540. The highest BCUT2D eigenvalue weighted by Crippen LogP contribution is 2.33. The third kappa shape index (κ3) is 3.73. The lowest BCUT2D eigenvalue weighted by Gasteiger charge is -2.33. The highest BCUT2D eigenvalue weighted by atomic mass is 79.9. The molecule has 1 unspecified atom stereocenters. The second-order valence-electron chi connectivity index (χ2n) is 5.69. The molecular weight excluding hydrogens is 302 g/mol. The molecule has 1 fully saturated rings. The first-order valence-corrected chi connectivity index (χ1v) is 8.09. The molecule has 2 nitrogen and oxygen atoms in total. The first-order chi connectivity index (χ1) is 9.09. The Bertz CT molecular complexity index is 413. The van der Waals surface area contributed by atoms with Crippen LogP contribution in [0.1, 0.15) is 57.1 Å². The van der Waals surface area contributed by atoms with Crippen LogP contribution in [0.3, 0.4) is 0 Å². The van der Waals surface area contributed by atoms with E-state index < -0.39 is 0 Å². The number of benzene rings is 1. The topological polar surface area (TPSA) is 23.5 Å². The molecule has 0 saturated heterocycles. The van der Waals surface area contributed by atoms with Crippen molar-refractivity contribution in [2.24, 2.45) is 0 Å². The van der Waals surface area contributed by atoms with Gasteiger partial charge in [0.15, 0.2) is 0 Å². The Kier molecular flexibility index (Phi) is 5.28. The molecule has 0 bridgehead atoms. The van der Waals surface area contributed by atoms with Gasteiger partial charge < -0.3 is 5.11 Å². The zero-order chi connectivity index (χ0) is 13.8. The van der Waals surface area contributed by atoms with Crippen molar-refractivity contribution in [3.05, 3.63) is 28.2 Å². The molecule has 1 atom stereocenters. The molecule has 19 heavy (non-hydrogen) atoms. The van der Waals surface area contributed by atoms with Gasteiger partial charge in [0, 0.05) is 22.1 Å². The number of aromatic hydroxyl groups is 1. The summed E-state index contributed by atoms with van der Waals surface area (Å²) >= 11 is 3.49. The fourth-order valence-corrected chi connectivity index (χ4v) is 3.44. The van der Waals surface area contributed by atoms with E-state index in [0.717, 1.165) is 10.0 Å². The minimum atomic E-state index is 0.251. The lowest BCUT2D eigenvalue weighted by atomic mass is 10.0. The Morgan fingerprint density at radius 2 is 1.84 bits per heavy atom. The van der Waals surface area contributed by atoms with Crippen LogP contribution in [0.5, 0.6) is 5.75 Å². The average Bonchev–Trinajstić information content (AvgIpc) is 2.69. The van der Waals surface area contributed by atoms with Crippen molar-refractivity contribution in [2.75, 3.05) is 7.05 Å². The Balaban J connectivity index is 2.12. The molecule has 1 aromatic carbocycles. The minimum absolute atomic E-state index is 0.251. The van der Waals surface area contributed by atoms with Crippen LogP contribution in [-0.4, -0.2) is 23.1 Å². The van der Waals surface area contributed by atoms with Crippen LogP contribution in [-0.2, 0) is 0 Å². The van der Waals surface area contributed by atoms with Gasteiger partial charge >= 0.3 is 0 Å². The zero-order valence-corrected chi connectivity index (χ0v) is 13.5. The van der Waals surface area contributed by atoms with E-state index in [1.807, 2.05) is 12.1 Å². The summed E-state index contributed by atoms with van der Waals surface area (Å²) in [4.78, 5) is 2.44. The third-order valence-corrected chi connectivity index (χ3v) is 4.94. The second-order valence-corrected chi connectivity index (χ2v) is 6.61. The molecule has 0 radical (unpaired) electrons. The Labute approximate surface area is 124 Å². The number of hydrogen-bond acceptors (Lipinski definition) is 2. The van der Waals surface area contributed by atoms with Gasteiger partial charge in [-0.1, -0.05) is 41.6 Å². The molecule has 0 aromatic heterocycles. The van der Waals surface area contributed by atoms with E-state index in [9.17, 15) is 5.11 Å². The van der Waals surface area contributed by atoms with Gasteiger partial charge in [0.1, 0.15) is 5.75 Å². The van der Waals surface area contributed by atoms with Crippen LogP contribution < -0.4 is 0 Å². The summed E-state index contributed by atoms with van der Waals surface area (Å²) in [5.41, 5.74) is 1.01. The first kappa shape index (κ1) is 14.9. The Morgan fingerprint density at radius 1 is 1.21 bits per heavy atom. The van der Waals surface area contributed by atoms with Gasteiger partial charge in [-0.15, -0.1) is 0 Å². The lowest BCUT2D eigenvalue weighted by Crippen LogP contribution is -2.33. The number of phenolic OH excluding ortho intramolecular Hbond substituents is 1. The quantitative estimate of drug-likeness (QED) is 0.801. The molecule has 1 aliphatic carbocycles. The first-order valence-electron chi connectivity index (χ1n) is 7.30. The van der Waals surface area contributed by atoms with E-state index in [1.165, 1.54) is 38.5 Å². The van der Waals surface area contributed by atoms with Crippen LogP contribution in [0, 0.1) is 0 Å². The molecule has 0 amide bonds. The molecule has 3 heteroatoms. The monoisotopic (exact) mass is 325 g/mol. The predicted molar refractivity (Wildman–Crippen MR) is 83.5 cm³/mol. The predicted octanol–water partition coefficient (Wildman–Crippen LogP) is 4.87. The zero-order valence-electron chi connectivity index (χ0n) is 11.9. The summed E-state index contributed by atoms with van der Waals surface area (Å²) in [5.74, 6) is 0.399. The number of nitrogens with zero attached hydrogens (tertiary/aromatic N) is 1. The smallest absolute Gasteiger partial charge is 0.120 e. The maximum Gasteiger partial charge on any atom is 0.120 e. The Morgan fingerprint density at radius 3 is 2.47 bits per heavy atom. The van der Waals surface area contributed by atoms with Gasteiger partial charge in [-0.25, -0.2) is 0 Å². The number of rotatable bonds is 3. The summed E-state index contributed by atoms with van der Waals surface area (Å²) in [6, 6.07) is 6.60. The lowest BCUT2D eigenvalue weighted by molar-refractivity contribution is 0.166. The molecule has 2 rings (SSSR count). The number of halogens is 1. The largest absolute Gasteiger partial charge is 0.508 e. The molecule has 1 aliphatic rings. The average molecular weight is 326 g/mol. The van der Waals surface area contributed by atoms with Gasteiger partial charge in [-0.2, -0.15) is 0 Å². The van der Waals surface area contributed by atoms with Gasteiger partial charge in [-0.05, 0) is 45.0 Å². The summed E-state index contributed by atoms with van der Waals surface area (Å²) in [6.07, 6.45) is 8.01. The molecule has 1 aromatic rings. The summed E-state index contributed by atoms with van der Waals surface area (Å²) in [6.45, 7) is 2.19. The summed E-state index contributed by atoms with van der Waals surface area (Å²) in [5, 5.41) is 10.1. The van der Waals surface area contributed by atoms with Crippen molar-refractivity contribution >= 4 is 15.9 Å². The van der Waals surface area contributed by atoms with Crippen molar-refractivity contribution in [1.29, 1.82) is 0 Å². The molecule has 0 heterocycles. The van der Waals surface area contributed by atoms with Crippen LogP contribution in [0.2, 0.25) is 0 Å². The van der Waals surface area contributed by atoms with Gasteiger partial charge in [0.25, 0.3) is 0 Å². The second kappa shape index (κ2) is 6.76. The summed E-state index contributed by atoms with van der Waals surface area (Å²) in [7, 11) is 2.20. The standard InChI is InChI=1S/C16H24BrNO/c1-12(15-11-13(17)9-10-16(15)19)18(2)14-7-5-3-4-6-8-14/h9-12,14,19H,3-8H2,1-2H3. The maximum atomic E-state index is 10.1. The molecule has 0 aliphatic heterocycles. The fraction of sp³-hybridized carbons (Fsp3) is 0.625. The van der Waals surface area contributed by atoms with Crippen molar-refractivity contribution in [2.45, 2.75) is 57.5 Å². The third-order valence-electron chi connectivity index (χ3n) is 4.45. The van der Waals surface area contributed by atoms with Crippen molar-refractivity contribution < 1.29 is 5.11 Å². The van der Waals surface area contributed by atoms with Crippen LogP contribution in [0.25, 0.3) is 0 Å². The number of phenols is 1. The molecule has 1 N–H and O–H groups in total.